The quantitative estimate of drug-likeness (QED) is 0.499. The molecule has 1 aromatic heterocycles. The van der Waals surface area contributed by atoms with Crippen LogP contribution in [0.25, 0.3) is 11.0 Å². The number of Topliss-reactive ketones (excluding diaryl/α,β-unsaturated/α-hetero) is 1. The van der Waals surface area contributed by atoms with Gasteiger partial charge in [-0.25, -0.2) is 9.18 Å². The Bertz CT molecular complexity index is 993. The molecule has 0 fully saturated rings. The molecule has 0 atom stereocenters. The van der Waals surface area contributed by atoms with Crippen LogP contribution in [0.2, 0.25) is 5.02 Å². The van der Waals surface area contributed by atoms with Gasteiger partial charge in [0.2, 0.25) is 0 Å². The van der Waals surface area contributed by atoms with E-state index < -0.39 is 11.4 Å². The van der Waals surface area contributed by atoms with Crippen molar-refractivity contribution in [2.75, 3.05) is 6.61 Å². The fourth-order valence-corrected chi connectivity index (χ4v) is 2.71. The van der Waals surface area contributed by atoms with Crippen LogP contribution in [-0.4, -0.2) is 12.4 Å². The molecule has 3 aromatic rings. The molecule has 4 nitrogen and oxygen atoms in total. The number of ether oxygens (including phenoxy) is 1. The number of fused-ring (bicyclic) bond motifs is 1. The second-order valence-corrected chi connectivity index (χ2v) is 5.85. The van der Waals surface area contributed by atoms with Crippen LogP contribution in [0.3, 0.4) is 0 Å². The molecule has 0 amide bonds. The highest BCUT2D eigenvalue weighted by Crippen LogP contribution is 2.31. The molecule has 0 unspecified atom stereocenters. The van der Waals surface area contributed by atoms with Crippen molar-refractivity contribution < 1.29 is 18.3 Å². The third-order valence-electron chi connectivity index (χ3n) is 3.79. The maximum Gasteiger partial charge on any atom is 0.336 e. The highest BCUT2D eigenvalue weighted by Gasteiger charge is 2.13. The van der Waals surface area contributed by atoms with Gasteiger partial charge in [0, 0.05) is 23.1 Å². The molecule has 0 aliphatic carbocycles. The van der Waals surface area contributed by atoms with E-state index in [-0.39, 0.29) is 18.1 Å². The summed E-state index contributed by atoms with van der Waals surface area (Å²) in [5, 5.41) is 1.03. The summed E-state index contributed by atoms with van der Waals surface area (Å²) < 4.78 is 23.6. The van der Waals surface area contributed by atoms with Crippen LogP contribution >= 0.6 is 11.6 Å². The Hall–Kier alpha value is -2.66. The minimum Gasteiger partial charge on any atom is -0.484 e. The maximum atomic E-state index is 12.9. The molecule has 0 aliphatic rings. The zero-order valence-electron chi connectivity index (χ0n) is 13.3. The summed E-state index contributed by atoms with van der Waals surface area (Å²) in [7, 11) is 0. The minimum atomic E-state index is -0.458. The summed E-state index contributed by atoms with van der Waals surface area (Å²) in [6.45, 7) is 1.66. The van der Waals surface area contributed by atoms with Crippen molar-refractivity contribution in [3.63, 3.8) is 0 Å². The smallest absolute Gasteiger partial charge is 0.336 e. The van der Waals surface area contributed by atoms with Gasteiger partial charge < -0.3 is 9.15 Å². The van der Waals surface area contributed by atoms with Gasteiger partial charge in [0.25, 0.3) is 0 Å². The molecule has 25 heavy (non-hydrogen) atoms. The summed E-state index contributed by atoms with van der Waals surface area (Å²) in [5.74, 6) is -0.502. The first-order valence-electron chi connectivity index (χ1n) is 7.65. The molecular weight excluding hydrogens is 347 g/mol. The van der Waals surface area contributed by atoms with E-state index in [4.69, 9.17) is 20.8 Å². The summed E-state index contributed by atoms with van der Waals surface area (Å²) >= 11 is 6.22. The average molecular weight is 361 g/mol. The van der Waals surface area contributed by atoms with E-state index >= 15 is 0 Å². The number of hydrogen-bond acceptors (Lipinski definition) is 4. The normalized spacial score (nSPS) is 10.8. The van der Waals surface area contributed by atoms with E-state index in [0.29, 0.717) is 22.6 Å². The Morgan fingerprint density at radius 2 is 1.92 bits per heavy atom. The van der Waals surface area contributed by atoms with Gasteiger partial charge in [-0.2, -0.15) is 0 Å². The third-order valence-corrected chi connectivity index (χ3v) is 4.08. The van der Waals surface area contributed by atoms with Crippen molar-refractivity contribution in [2.45, 2.75) is 13.3 Å². The first-order valence-corrected chi connectivity index (χ1v) is 8.03. The van der Waals surface area contributed by atoms with Crippen molar-refractivity contribution in [2.24, 2.45) is 0 Å². The predicted molar refractivity (Wildman–Crippen MR) is 93.1 cm³/mol. The van der Waals surface area contributed by atoms with Gasteiger partial charge in [0.1, 0.15) is 17.1 Å². The first kappa shape index (κ1) is 17.2. The summed E-state index contributed by atoms with van der Waals surface area (Å²) in [6.07, 6.45) is 0.654. The molecule has 0 spiro atoms. The Labute approximate surface area is 147 Å². The van der Waals surface area contributed by atoms with Gasteiger partial charge in [-0.1, -0.05) is 18.5 Å². The molecule has 128 valence electrons. The number of ketones is 1. The number of halogens is 2. The first-order chi connectivity index (χ1) is 12.0. The van der Waals surface area contributed by atoms with Crippen molar-refractivity contribution in [1.82, 2.24) is 0 Å². The largest absolute Gasteiger partial charge is 0.484 e. The van der Waals surface area contributed by atoms with Gasteiger partial charge in [0.15, 0.2) is 12.4 Å². The fourth-order valence-electron chi connectivity index (χ4n) is 2.49. The molecule has 0 saturated heterocycles. The molecule has 1 heterocycles. The van der Waals surface area contributed by atoms with Crippen LogP contribution in [0, 0.1) is 5.82 Å². The van der Waals surface area contributed by atoms with Crippen molar-refractivity contribution in [1.29, 1.82) is 0 Å². The van der Waals surface area contributed by atoms with Crippen molar-refractivity contribution >= 4 is 28.4 Å². The monoisotopic (exact) mass is 360 g/mol. The van der Waals surface area contributed by atoms with E-state index in [2.05, 4.69) is 0 Å². The Balaban J connectivity index is 1.86. The van der Waals surface area contributed by atoms with Crippen LogP contribution in [0.5, 0.6) is 5.75 Å². The molecule has 2 aromatic carbocycles. The van der Waals surface area contributed by atoms with Gasteiger partial charge in [-0.05, 0) is 42.3 Å². The minimum absolute atomic E-state index is 0.237. The lowest BCUT2D eigenvalue weighted by atomic mass is 10.1. The van der Waals surface area contributed by atoms with Crippen LogP contribution in [0.4, 0.5) is 4.39 Å². The Morgan fingerprint density at radius 3 is 2.60 bits per heavy atom. The zero-order valence-corrected chi connectivity index (χ0v) is 14.1. The molecule has 0 saturated carbocycles. The second-order valence-electron chi connectivity index (χ2n) is 5.44. The Kier molecular flexibility index (Phi) is 4.86. The zero-order chi connectivity index (χ0) is 18.0. The van der Waals surface area contributed by atoms with E-state index in [1.165, 1.54) is 36.4 Å². The second kappa shape index (κ2) is 7.07. The molecule has 0 N–H and O–H groups in total. The molecule has 6 heteroatoms. The van der Waals surface area contributed by atoms with Gasteiger partial charge in [0.05, 0.1) is 5.02 Å². The molecular formula is C19H14ClFO4. The number of carbonyl (C=O) groups is 1. The topological polar surface area (TPSA) is 56.5 Å². The number of rotatable bonds is 5. The SMILES string of the molecule is CCc1cc(=O)oc2cc(OCC(=O)c3ccc(F)cc3)c(Cl)cc12. The predicted octanol–water partition coefficient (Wildman–Crippen LogP) is 4.41. The van der Waals surface area contributed by atoms with Crippen LogP contribution < -0.4 is 10.4 Å². The van der Waals surface area contributed by atoms with E-state index in [1.54, 1.807) is 6.07 Å². The summed E-state index contributed by atoms with van der Waals surface area (Å²) in [4.78, 5) is 23.7. The number of hydrogen-bond donors (Lipinski definition) is 0. The van der Waals surface area contributed by atoms with Crippen LogP contribution in [0.1, 0.15) is 22.8 Å². The lowest BCUT2D eigenvalue weighted by Crippen LogP contribution is -2.12. The van der Waals surface area contributed by atoms with Crippen LogP contribution in [0.15, 0.2) is 51.7 Å². The number of aryl methyl sites for hydroxylation is 1. The fraction of sp³-hybridized carbons (Fsp3) is 0.158. The van der Waals surface area contributed by atoms with E-state index in [1.807, 2.05) is 6.92 Å². The lowest BCUT2D eigenvalue weighted by molar-refractivity contribution is 0.0921. The van der Waals surface area contributed by atoms with E-state index in [9.17, 15) is 14.0 Å². The molecule has 3 rings (SSSR count). The third kappa shape index (κ3) is 3.72. The average Bonchev–Trinajstić information content (AvgIpc) is 2.60. The van der Waals surface area contributed by atoms with Crippen molar-refractivity contribution in [3.05, 3.63) is 74.9 Å². The van der Waals surface area contributed by atoms with Gasteiger partial charge in [-0.15, -0.1) is 0 Å². The molecule has 0 bridgehead atoms. The number of benzene rings is 2. The molecule has 0 aliphatic heterocycles. The van der Waals surface area contributed by atoms with Crippen LogP contribution in [-0.2, 0) is 6.42 Å². The summed E-state index contributed by atoms with van der Waals surface area (Å²) in [5.41, 5.74) is 1.04. The van der Waals surface area contributed by atoms with E-state index in [0.717, 1.165) is 10.9 Å². The molecule has 0 radical (unpaired) electrons. The maximum absolute atomic E-state index is 12.9. The van der Waals surface area contributed by atoms with Gasteiger partial charge in [-0.3, -0.25) is 4.79 Å². The van der Waals surface area contributed by atoms with Crippen molar-refractivity contribution in [3.8, 4) is 5.75 Å². The summed E-state index contributed by atoms with van der Waals surface area (Å²) in [6, 6.07) is 9.75. The Morgan fingerprint density at radius 1 is 1.20 bits per heavy atom. The van der Waals surface area contributed by atoms with Gasteiger partial charge >= 0.3 is 5.63 Å². The number of carbonyl (C=O) groups excluding carboxylic acids is 1. The highest BCUT2D eigenvalue weighted by atomic mass is 35.5. The highest BCUT2D eigenvalue weighted by molar-refractivity contribution is 6.32. The standard InChI is InChI=1S/C19H14ClFO4/c1-2-11-7-19(23)25-17-9-18(15(20)8-14(11)17)24-10-16(22)12-3-5-13(21)6-4-12/h3-9H,2,10H2,1H3. The lowest BCUT2D eigenvalue weighted by Gasteiger charge is -2.10.